The number of benzene rings is 2. The first-order valence-corrected chi connectivity index (χ1v) is 6.80. The normalized spacial score (nSPS) is 11.3. The van der Waals surface area contributed by atoms with Crippen molar-refractivity contribution in [2.75, 3.05) is 13.7 Å². The first-order chi connectivity index (χ1) is 9.72. The van der Waals surface area contributed by atoms with Crippen LogP contribution in [0.25, 0.3) is 21.8 Å². The molecule has 3 aromatic rings. The minimum atomic E-state index is 0.0425. The molecule has 102 valence electrons. The van der Waals surface area contributed by atoms with E-state index in [0.717, 1.165) is 16.4 Å². The summed E-state index contributed by atoms with van der Waals surface area (Å²) in [6, 6.07) is 13.0. The minimum Gasteiger partial charge on any atom is -0.383 e. The maximum absolute atomic E-state index is 12.5. The van der Waals surface area contributed by atoms with E-state index in [2.05, 4.69) is 4.57 Å². The van der Waals surface area contributed by atoms with E-state index in [-0.39, 0.29) is 5.43 Å². The Morgan fingerprint density at radius 3 is 2.65 bits per heavy atom. The molecule has 0 bridgehead atoms. The van der Waals surface area contributed by atoms with Crippen molar-refractivity contribution in [3.63, 3.8) is 0 Å². The predicted molar refractivity (Wildman–Crippen MR) is 82.6 cm³/mol. The minimum absolute atomic E-state index is 0.0425. The Bertz CT molecular complexity index is 839. The zero-order chi connectivity index (χ0) is 14.1. The molecule has 0 saturated carbocycles. The summed E-state index contributed by atoms with van der Waals surface area (Å²) in [5.41, 5.74) is 1.79. The van der Waals surface area contributed by atoms with Gasteiger partial charge in [-0.25, -0.2) is 0 Å². The largest absolute Gasteiger partial charge is 0.383 e. The van der Waals surface area contributed by atoms with Crippen LogP contribution < -0.4 is 5.43 Å². The molecule has 0 spiro atoms. The highest BCUT2D eigenvalue weighted by Crippen LogP contribution is 2.22. The molecule has 0 fully saturated rings. The number of hydrogen-bond donors (Lipinski definition) is 0. The molecular formula is C16H14ClNO2. The summed E-state index contributed by atoms with van der Waals surface area (Å²) >= 11 is 6.08. The summed E-state index contributed by atoms with van der Waals surface area (Å²) in [6.07, 6.45) is 0. The van der Waals surface area contributed by atoms with E-state index >= 15 is 0 Å². The van der Waals surface area contributed by atoms with E-state index in [1.807, 2.05) is 30.3 Å². The third-order valence-corrected chi connectivity index (χ3v) is 3.69. The fourth-order valence-electron chi connectivity index (χ4n) is 2.52. The lowest BCUT2D eigenvalue weighted by Crippen LogP contribution is -2.13. The zero-order valence-corrected chi connectivity index (χ0v) is 11.9. The summed E-state index contributed by atoms with van der Waals surface area (Å²) in [7, 11) is 1.67. The number of halogens is 1. The van der Waals surface area contributed by atoms with Crippen LogP contribution in [-0.2, 0) is 11.3 Å². The third-order valence-electron chi connectivity index (χ3n) is 3.45. The van der Waals surface area contributed by atoms with Crippen LogP contribution in [0.4, 0.5) is 0 Å². The molecule has 1 aromatic heterocycles. The lowest BCUT2D eigenvalue weighted by atomic mass is 10.1. The molecular weight excluding hydrogens is 274 g/mol. The highest BCUT2D eigenvalue weighted by molar-refractivity contribution is 6.31. The molecule has 0 saturated heterocycles. The van der Waals surface area contributed by atoms with Gasteiger partial charge in [0.25, 0.3) is 0 Å². The van der Waals surface area contributed by atoms with Crippen LogP contribution in [0.2, 0.25) is 5.02 Å². The van der Waals surface area contributed by atoms with Gasteiger partial charge in [-0.3, -0.25) is 4.79 Å². The fraction of sp³-hybridized carbons (Fsp3) is 0.188. The maximum atomic E-state index is 12.5. The second kappa shape index (κ2) is 5.27. The van der Waals surface area contributed by atoms with Crippen molar-refractivity contribution >= 4 is 33.4 Å². The van der Waals surface area contributed by atoms with Crippen LogP contribution in [0.3, 0.4) is 0 Å². The number of para-hydroxylation sites is 1. The van der Waals surface area contributed by atoms with Crippen LogP contribution in [0.1, 0.15) is 0 Å². The molecule has 0 atom stereocenters. The predicted octanol–water partition coefficient (Wildman–Crippen LogP) is 3.45. The summed E-state index contributed by atoms with van der Waals surface area (Å²) in [5.74, 6) is 0. The van der Waals surface area contributed by atoms with Gasteiger partial charge in [-0.1, -0.05) is 23.7 Å². The standard InChI is InChI=1S/C16H14ClNO2/c1-20-9-8-18-14-5-3-2-4-12(14)16(19)13-7-6-11(17)10-15(13)18/h2-7,10H,8-9H2,1H3. The van der Waals surface area contributed by atoms with E-state index in [1.165, 1.54) is 0 Å². The lowest BCUT2D eigenvalue weighted by molar-refractivity contribution is 0.189. The van der Waals surface area contributed by atoms with Gasteiger partial charge in [-0.05, 0) is 30.3 Å². The Balaban J connectivity index is 2.47. The lowest BCUT2D eigenvalue weighted by Gasteiger charge is -2.14. The van der Waals surface area contributed by atoms with E-state index in [9.17, 15) is 4.79 Å². The van der Waals surface area contributed by atoms with Crippen molar-refractivity contribution < 1.29 is 4.74 Å². The first kappa shape index (κ1) is 13.2. The second-order valence-corrected chi connectivity index (χ2v) is 5.09. The maximum Gasteiger partial charge on any atom is 0.197 e. The van der Waals surface area contributed by atoms with Crippen molar-refractivity contribution in [1.29, 1.82) is 0 Å². The Labute approximate surface area is 121 Å². The van der Waals surface area contributed by atoms with E-state index < -0.39 is 0 Å². The van der Waals surface area contributed by atoms with Crippen LogP contribution >= 0.6 is 11.6 Å². The number of nitrogens with zero attached hydrogens (tertiary/aromatic N) is 1. The van der Waals surface area contributed by atoms with E-state index in [0.29, 0.717) is 23.6 Å². The summed E-state index contributed by atoms with van der Waals surface area (Å²) < 4.78 is 7.26. The molecule has 0 N–H and O–H groups in total. The molecule has 0 amide bonds. The van der Waals surface area contributed by atoms with Gasteiger partial charge in [0.2, 0.25) is 0 Å². The topological polar surface area (TPSA) is 31.2 Å². The zero-order valence-electron chi connectivity index (χ0n) is 11.1. The number of fused-ring (bicyclic) bond motifs is 2. The monoisotopic (exact) mass is 287 g/mol. The van der Waals surface area contributed by atoms with Gasteiger partial charge in [0.15, 0.2) is 5.43 Å². The quantitative estimate of drug-likeness (QED) is 0.691. The number of rotatable bonds is 3. The molecule has 3 rings (SSSR count). The van der Waals surface area contributed by atoms with Gasteiger partial charge < -0.3 is 9.30 Å². The molecule has 4 heteroatoms. The van der Waals surface area contributed by atoms with Crippen molar-refractivity contribution in [2.45, 2.75) is 6.54 Å². The Kier molecular flexibility index (Phi) is 3.47. The number of ether oxygens (including phenoxy) is 1. The number of pyridine rings is 1. The molecule has 0 radical (unpaired) electrons. The molecule has 0 aliphatic heterocycles. The second-order valence-electron chi connectivity index (χ2n) is 4.65. The van der Waals surface area contributed by atoms with Gasteiger partial charge in [0, 0.05) is 29.4 Å². The molecule has 0 aliphatic carbocycles. The van der Waals surface area contributed by atoms with Gasteiger partial charge in [0.1, 0.15) is 0 Å². The van der Waals surface area contributed by atoms with Gasteiger partial charge in [-0.15, -0.1) is 0 Å². The van der Waals surface area contributed by atoms with Crippen molar-refractivity contribution in [3.05, 3.63) is 57.7 Å². The van der Waals surface area contributed by atoms with Crippen LogP contribution in [-0.4, -0.2) is 18.3 Å². The number of aromatic nitrogens is 1. The number of methoxy groups -OCH3 is 1. The van der Waals surface area contributed by atoms with Gasteiger partial charge in [0.05, 0.1) is 17.6 Å². The molecule has 1 heterocycles. The fourth-order valence-corrected chi connectivity index (χ4v) is 2.69. The smallest absolute Gasteiger partial charge is 0.197 e. The van der Waals surface area contributed by atoms with Crippen molar-refractivity contribution in [2.24, 2.45) is 0 Å². The van der Waals surface area contributed by atoms with Crippen molar-refractivity contribution in [1.82, 2.24) is 4.57 Å². The first-order valence-electron chi connectivity index (χ1n) is 6.42. The summed E-state index contributed by atoms with van der Waals surface area (Å²) in [4.78, 5) is 12.5. The average molecular weight is 288 g/mol. The van der Waals surface area contributed by atoms with Crippen molar-refractivity contribution in [3.8, 4) is 0 Å². The molecule has 3 nitrogen and oxygen atoms in total. The number of hydrogen-bond acceptors (Lipinski definition) is 2. The van der Waals surface area contributed by atoms with Crippen LogP contribution in [0.15, 0.2) is 47.3 Å². The molecule has 20 heavy (non-hydrogen) atoms. The summed E-state index contributed by atoms with van der Waals surface area (Å²) in [5, 5.41) is 2.03. The van der Waals surface area contributed by atoms with Crippen LogP contribution in [0.5, 0.6) is 0 Å². The Morgan fingerprint density at radius 2 is 1.85 bits per heavy atom. The SMILES string of the molecule is COCCn1c2ccccc2c(=O)c2ccc(Cl)cc21. The van der Waals surface area contributed by atoms with Gasteiger partial charge >= 0.3 is 0 Å². The van der Waals surface area contributed by atoms with Crippen LogP contribution in [0, 0.1) is 0 Å². The molecule has 0 unspecified atom stereocenters. The summed E-state index contributed by atoms with van der Waals surface area (Å²) in [6.45, 7) is 1.25. The highest BCUT2D eigenvalue weighted by atomic mass is 35.5. The Morgan fingerprint density at radius 1 is 1.10 bits per heavy atom. The van der Waals surface area contributed by atoms with E-state index in [1.54, 1.807) is 19.2 Å². The van der Waals surface area contributed by atoms with E-state index in [4.69, 9.17) is 16.3 Å². The highest BCUT2D eigenvalue weighted by Gasteiger charge is 2.10. The molecule has 2 aromatic carbocycles. The van der Waals surface area contributed by atoms with Gasteiger partial charge in [-0.2, -0.15) is 0 Å². The average Bonchev–Trinajstić information content (AvgIpc) is 2.47. The Hall–Kier alpha value is -1.84. The third kappa shape index (κ3) is 2.09. The molecule has 0 aliphatic rings.